The molecular weight excluding hydrogens is 195 g/mol. The molecule has 0 saturated heterocycles. The van der Waals surface area contributed by atoms with Gasteiger partial charge in [0.15, 0.2) is 0 Å². The van der Waals surface area contributed by atoms with Crippen molar-refractivity contribution in [3.05, 3.63) is 36.0 Å². The Morgan fingerprint density at radius 2 is 1.79 bits per heavy atom. The van der Waals surface area contributed by atoms with Crippen molar-refractivity contribution < 1.29 is 3.89 Å². The summed E-state index contributed by atoms with van der Waals surface area (Å²) in [4.78, 5) is 0. The molecule has 0 aliphatic rings. The van der Waals surface area contributed by atoms with E-state index in [-0.39, 0.29) is 5.25 Å². The molecule has 2 heteroatoms. The molecule has 0 fully saturated rings. The number of hydrogen-bond donors (Lipinski definition) is 0. The fourth-order valence-corrected chi connectivity index (χ4v) is 0.807. The first-order valence-electron chi connectivity index (χ1n) is 4.96. The van der Waals surface area contributed by atoms with E-state index in [0.29, 0.717) is 12.1 Å². The maximum absolute atomic E-state index is 12.1. The van der Waals surface area contributed by atoms with Gasteiger partial charge in [0.1, 0.15) is 0 Å². The first-order chi connectivity index (χ1) is 6.72. The van der Waals surface area contributed by atoms with E-state index in [1.54, 1.807) is 0 Å². The van der Waals surface area contributed by atoms with Gasteiger partial charge in [-0.1, -0.05) is 49.8 Å². The van der Waals surface area contributed by atoms with Crippen LogP contribution in [0.5, 0.6) is 0 Å². The maximum Gasteiger partial charge on any atom is 0.0545 e. The lowest BCUT2D eigenvalue weighted by Crippen LogP contribution is -1.93. The van der Waals surface area contributed by atoms with E-state index in [1.807, 2.05) is 65.0 Å². The minimum absolute atomic E-state index is 0.0414. The van der Waals surface area contributed by atoms with Crippen LogP contribution in [-0.2, 0) is 0 Å². The van der Waals surface area contributed by atoms with Crippen molar-refractivity contribution >= 4 is 12.1 Å². The number of hydrogen-bond acceptors (Lipinski definition) is 1. The zero-order chi connectivity index (χ0) is 11.4. The van der Waals surface area contributed by atoms with E-state index >= 15 is 0 Å². The Hall–Kier alpha value is -0.500. The maximum atomic E-state index is 12.1. The van der Waals surface area contributed by atoms with Crippen LogP contribution in [0, 0.1) is 0 Å². The summed E-state index contributed by atoms with van der Waals surface area (Å²) in [5.74, 6) is 0. The van der Waals surface area contributed by atoms with Crippen LogP contribution in [0.1, 0.15) is 34.6 Å². The van der Waals surface area contributed by atoms with Crippen molar-refractivity contribution in [2.24, 2.45) is 0 Å². The molecule has 0 aliphatic carbocycles. The standard InChI is InChI=1S/C10H15FS.C2H6/c1-4-5-6-7-8-9(2)10(3)12-11;1-2/h4-8,10H,1-3H3;1-2H3/b5-4-,7-6-,9-8+;. The summed E-state index contributed by atoms with van der Waals surface area (Å²) in [5, 5.41) is -0.0414. The molecule has 0 aromatic carbocycles. The zero-order valence-corrected chi connectivity index (χ0v) is 10.6. The van der Waals surface area contributed by atoms with Gasteiger partial charge < -0.3 is 0 Å². The van der Waals surface area contributed by atoms with Crippen LogP contribution in [0.25, 0.3) is 0 Å². The third kappa shape index (κ3) is 9.59. The summed E-state index contributed by atoms with van der Waals surface area (Å²) < 4.78 is 12.1. The molecular formula is C12H21FS. The van der Waals surface area contributed by atoms with Gasteiger partial charge in [0.2, 0.25) is 0 Å². The minimum atomic E-state index is -0.0414. The predicted molar refractivity (Wildman–Crippen MR) is 67.2 cm³/mol. The minimum Gasteiger partial charge on any atom is -0.165 e. The number of allylic oxidation sites excluding steroid dienone is 5. The van der Waals surface area contributed by atoms with E-state index in [9.17, 15) is 3.89 Å². The Morgan fingerprint density at radius 3 is 2.21 bits per heavy atom. The van der Waals surface area contributed by atoms with Crippen LogP contribution in [-0.4, -0.2) is 5.25 Å². The van der Waals surface area contributed by atoms with Crippen molar-refractivity contribution in [2.45, 2.75) is 39.9 Å². The molecule has 0 radical (unpaired) electrons. The second-order valence-corrected chi connectivity index (χ2v) is 3.44. The summed E-state index contributed by atoms with van der Waals surface area (Å²) in [6.45, 7) is 9.73. The molecule has 0 aliphatic heterocycles. The van der Waals surface area contributed by atoms with Crippen LogP contribution >= 0.6 is 12.1 Å². The highest BCUT2D eigenvalue weighted by atomic mass is 32.2. The van der Waals surface area contributed by atoms with E-state index in [1.165, 1.54) is 0 Å². The quantitative estimate of drug-likeness (QED) is 0.589. The highest BCUT2D eigenvalue weighted by Crippen LogP contribution is 2.18. The van der Waals surface area contributed by atoms with Gasteiger partial charge in [-0.15, -0.1) is 0 Å². The second kappa shape index (κ2) is 12.5. The highest BCUT2D eigenvalue weighted by Gasteiger charge is 2.01. The van der Waals surface area contributed by atoms with Crippen molar-refractivity contribution in [3.8, 4) is 0 Å². The van der Waals surface area contributed by atoms with Gasteiger partial charge in [0.25, 0.3) is 0 Å². The lowest BCUT2D eigenvalue weighted by atomic mass is 10.2. The van der Waals surface area contributed by atoms with Crippen LogP contribution in [0.15, 0.2) is 36.0 Å². The van der Waals surface area contributed by atoms with Gasteiger partial charge in [0.05, 0.1) is 17.4 Å². The van der Waals surface area contributed by atoms with Gasteiger partial charge in [-0.25, -0.2) is 0 Å². The Labute approximate surface area is 92.3 Å². The summed E-state index contributed by atoms with van der Waals surface area (Å²) in [6.07, 6.45) is 9.67. The largest absolute Gasteiger partial charge is 0.165 e. The molecule has 0 rings (SSSR count). The molecule has 0 heterocycles. The molecule has 14 heavy (non-hydrogen) atoms. The van der Waals surface area contributed by atoms with E-state index in [4.69, 9.17) is 0 Å². The van der Waals surface area contributed by atoms with Crippen molar-refractivity contribution in [1.82, 2.24) is 0 Å². The van der Waals surface area contributed by atoms with E-state index in [0.717, 1.165) is 5.57 Å². The van der Waals surface area contributed by atoms with Gasteiger partial charge in [-0.3, -0.25) is 0 Å². The molecule has 0 amide bonds. The SMILES string of the molecule is CC.C\C=C/C=C\C=C(/C)C(C)SF. The van der Waals surface area contributed by atoms with Gasteiger partial charge >= 0.3 is 0 Å². The predicted octanol–water partition coefficient (Wildman–Crippen LogP) is 5.10. The normalized spacial score (nSPS) is 14.3. The van der Waals surface area contributed by atoms with Crippen LogP contribution in [0.2, 0.25) is 0 Å². The molecule has 0 nitrogen and oxygen atoms in total. The third-order valence-electron chi connectivity index (χ3n) is 1.55. The van der Waals surface area contributed by atoms with E-state index < -0.39 is 0 Å². The number of rotatable bonds is 4. The summed E-state index contributed by atoms with van der Waals surface area (Å²) in [6, 6.07) is 0. The first-order valence-corrected chi connectivity index (χ1v) is 5.74. The van der Waals surface area contributed by atoms with Crippen molar-refractivity contribution in [3.63, 3.8) is 0 Å². The lowest BCUT2D eigenvalue weighted by molar-refractivity contribution is 0.911. The van der Waals surface area contributed by atoms with Crippen molar-refractivity contribution in [1.29, 1.82) is 0 Å². The summed E-state index contributed by atoms with van der Waals surface area (Å²) >= 11 is 0.376. The Bertz CT molecular complexity index is 192. The average Bonchev–Trinajstić information content (AvgIpc) is 2.25. The lowest BCUT2D eigenvalue weighted by Gasteiger charge is -2.02. The fraction of sp³-hybridized carbons (Fsp3) is 0.500. The first kappa shape index (κ1) is 15.9. The zero-order valence-electron chi connectivity index (χ0n) is 9.75. The second-order valence-electron chi connectivity index (χ2n) is 2.55. The van der Waals surface area contributed by atoms with Crippen LogP contribution in [0.3, 0.4) is 0 Å². The van der Waals surface area contributed by atoms with Gasteiger partial charge in [0, 0.05) is 0 Å². The Kier molecular flexibility index (Phi) is 14.2. The smallest absolute Gasteiger partial charge is 0.0545 e. The summed E-state index contributed by atoms with van der Waals surface area (Å²) in [5.41, 5.74) is 1.04. The topological polar surface area (TPSA) is 0 Å². The molecule has 1 atom stereocenters. The van der Waals surface area contributed by atoms with Gasteiger partial charge in [-0.2, -0.15) is 3.89 Å². The molecule has 82 valence electrons. The molecule has 0 aromatic heterocycles. The molecule has 0 bridgehead atoms. The van der Waals surface area contributed by atoms with E-state index in [2.05, 4.69) is 0 Å². The average molecular weight is 216 g/mol. The molecule has 0 N–H and O–H groups in total. The molecule has 0 aromatic rings. The monoisotopic (exact) mass is 216 g/mol. The van der Waals surface area contributed by atoms with Crippen LogP contribution in [0.4, 0.5) is 3.89 Å². The van der Waals surface area contributed by atoms with Crippen LogP contribution < -0.4 is 0 Å². The third-order valence-corrected chi connectivity index (χ3v) is 2.19. The fourth-order valence-electron chi connectivity index (χ4n) is 0.588. The molecule has 0 spiro atoms. The highest BCUT2D eigenvalue weighted by molar-refractivity contribution is 7.95. The van der Waals surface area contributed by atoms with Crippen molar-refractivity contribution in [2.75, 3.05) is 0 Å². The number of halogens is 1. The summed E-state index contributed by atoms with van der Waals surface area (Å²) in [7, 11) is 0. The molecule has 1 unspecified atom stereocenters. The Morgan fingerprint density at radius 1 is 1.21 bits per heavy atom. The molecule has 0 saturated carbocycles. The van der Waals surface area contributed by atoms with Gasteiger partial charge in [-0.05, 0) is 20.8 Å². The Balaban J connectivity index is 0.